The molecule has 0 aliphatic heterocycles. The summed E-state index contributed by atoms with van der Waals surface area (Å²) in [6.45, 7) is 3.02. The normalized spacial score (nSPS) is 11.1. The van der Waals surface area contributed by atoms with E-state index in [9.17, 15) is 5.26 Å². The molecule has 4 nitrogen and oxygen atoms in total. The van der Waals surface area contributed by atoms with Gasteiger partial charge >= 0.3 is 0 Å². The Bertz CT molecular complexity index is 1110. The van der Waals surface area contributed by atoms with Gasteiger partial charge in [0.1, 0.15) is 17.6 Å². The van der Waals surface area contributed by atoms with Crippen molar-refractivity contribution in [2.45, 2.75) is 32.7 Å². The molecule has 4 aromatic rings. The van der Waals surface area contributed by atoms with E-state index in [0.717, 1.165) is 35.1 Å². The third kappa shape index (κ3) is 3.58. The van der Waals surface area contributed by atoms with Crippen molar-refractivity contribution in [3.05, 3.63) is 68.8 Å². The molecule has 0 atom stereocenters. The summed E-state index contributed by atoms with van der Waals surface area (Å²) in [4.78, 5) is 4.82. The first-order valence-corrected chi connectivity index (χ1v) is 10.7. The van der Waals surface area contributed by atoms with E-state index >= 15 is 0 Å². The number of aromatic nitrogens is 3. The van der Waals surface area contributed by atoms with Crippen molar-refractivity contribution < 1.29 is 0 Å². The fourth-order valence-corrected chi connectivity index (χ4v) is 4.45. The van der Waals surface area contributed by atoms with Crippen LogP contribution in [-0.4, -0.2) is 14.1 Å². The standard InChI is InChI=1S/C21H19BrN4S/c1-2-3-4-21-24-19-13-27-14-20(19)26(21)11-15-5-7-17(8-6-15)25-12-16(22)9-18(25)10-23/h5-9,12-14H,2-4,11H2,1H3. The van der Waals surface area contributed by atoms with Gasteiger partial charge in [-0.25, -0.2) is 4.98 Å². The molecular weight excluding hydrogens is 420 g/mol. The Morgan fingerprint density at radius 1 is 1.22 bits per heavy atom. The van der Waals surface area contributed by atoms with Crippen LogP contribution in [0.3, 0.4) is 0 Å². The quantitative estimate of drug-likeness (QED) is 0.375. The van der Waals surface area contributed by atoms with Crippen LogP contribution in [0.1, 0.15) is 36.8 Å². The van der Waals surface area contributed by atoms with E-state index in [1.54, 1.807) is 11.3 Å². The van der Waals surface area contributed by atoms with Gasteiger partial charge in [-0.3, -0.25) is 0 Å². The number of hydrogen-bond donors (Lipinski definition) is 0. The van der Waals surface area contributed by atoms with Gasteiger partial charge in [-0.15, -0.1) is 11.3 Å². The van der Waals surface area contributed by atoms with Crippen LogP contribution < -0.4 is 0 Å². The lowest BCUT2D eigenvalue weighted by atomic mass is 10.2. The van der Waals surface area contributed by atoms with Gasteiger partial charge in [-0.2, -0.15) is 5.26 Å². The summed E-state index contributed by atoms with van der Waals surface area (Å²) >= 11 is 5.14. The number of benzene rings is 1. The largest absolute Gasteiger partial charge is 0.323 e. The molecule has 0 fully saturated rings. The molecule has 0 bridgehead atoms. The zero-order valence-electron chi connectivity index (χ0n) is 15.0. The van der Waals surface area contributed by atoms with Crippen molar-refractivity contribution in [3.8, 4) is 11.8 Å². The molecule has 1 aromatic carbocycles. The van der Waals surface area contributed by atoms with E-state index in [2.05, 4.69) is 68.5 Å². The molecule has 0 saturated heterocycles. The molecule has 4 rings (SSSR count). The number of thiophene rings is 1. The minimum atomic E-state index is 0.617. The monoisotopic (exact) mass is 438 g/mol. The average Bonchev–Trinajstić information content (AvgIpc) is 3.36. The molecular formula is C21H19BrN4S. The molecule has 136 valence electrons. The van der Waals surface area contributed by atoms with Crippen LogP contribution >= 0.6 is 27.3 Å². The lowest BCUT2D eigenvalue weighted by Crippen LogP contribution is -2.05. The van der Waals surface area contributed by atoms with E-state index in [-0.39, 0.29) is 0 Å². The summed E-state index contributed by atoms with van der Waals surface area (Å²) in [5, 5.41) is 13.6. The summed E-state index contributed by atoms with van der Waals surface area (Å²) in [6, 6.07) is 12.5. The zero-order valence-corrected chi connectivity index (χ0v) is 17.4. The topological polar surface area (TPSA) is 46.5 Å². The molecule has 6 heteroatoms. The van der Waals surface area contributed by atoms with Crippen LogP contribution in [0.2, 0.25) is 0 Å². The van der Waals surface area contributed by atoms with Crippen molar-refractivity contribution in [1.82, 2.24) is 14.1 Å². The summed E-state index contributed by atoms with van der Waals surface area (Å²) in [5.74, 6) is 1.17. The highest BCUT2D eigenvalue weighted by Crippen LogP contribution is 2.24. The second-order valence-electron chi connectivity index (χ2n) is 6.55. The predicted molar refractivity (Wildman–Crippen MR) is 114 cm³/mol. The molecule has 27 heavy (non-hydrogen) atoms. The number of aryl methyl sites for hydroxylation is 1. The second kappa shape index (κ2) is 7.71. The van der Waals surface area contributed by atoms with E-state index in [1.165, 1.54) is 23.3 Å². The number of rotatable bonds is 6. The highest BCUT2D eigenvalue weighted by atomic mass is 79.9. The van der Waals surface area contributed by atoms with Crippen molar-refractivity contribution in [3.63, 3.8) is 0 Å². The number of nitrogens with zero attached hydrogens (tertiary/aromatic N) is 4. The highest BCUT2D eigenvalue weighted by Gasteiger charge is 2.12. The number of imidazole rings is 1. The Balaban J connectivity index is 1.63. The minimum absolute atomic E-state index is 0.617. The maximum atomic E-state index is 9.30. The Hall–Kier alpha value is -2.36. The molecule has 0 radical (unpaired) electrons. The van der Waals surface area contributed by atoms with Gasteiger partial charge in [0, 0.05) is 40.1 Å². The van der Waals surface area contributed by atoms with Crippen molar-refractivity contribution in [2.75, 3.05) is 0 Å². The smallest absolute Gasteiger partial charge is 0.125 e. The van der Waals surface area contributed by atoms with Gasteiger partial charge in [0.05, 0.1) is 11.0 Å². The number of unbranched alkanes of at least 4 members (excludes halogenated alkanes) is 1. The molecule has 0 N–H and O–H groups in total. The number of hydrogen-bond acceptors (Lipinski definition) is 3. The molecule has 0 saturated carbocycles. The van der Waals surface area contributed by atoms with Crippen LogP contribution in [-0.2, 0) is 13.0 Å². The van der Waals surface area contributed by atoms with E-state index < -0.39 is 0 Å². The zero-order chi connectivity index (χ0) is 18.8. The molecule has 3 heterocycles. The van der Waals surface area contributed by atoms with Gasteiger partial charge < -0.3 is 9.13 Å². The summed E-state index contributed by atoms with van der Waals surface area (Å²) < 4.78 is 5.14. The van der Waals surface area contributed by atoms with Gasteiger partial charge in [0.25, 0.3) is 0 Å². The van der Waals surface area contributed by atoms with Crippen LogP contribution in [0.25, 0.3) is 16.7 Å². The average molecular weight is 439 g/mol. The molecule has 0 aliphatic rings. The van der Waals surface area contributed by atoms with Crippen LogP contribution in [0.4, 0.5) is 0 Å². The van der Waals surface area contributed by atoms with Gasteiger partial charge in [-0.05, 0) is 46.1 Å². The summed E-state index contributed by atoms with van der Waals surface area (Å²) in [5.41, 5.74) is 5.14. The van der Waals surface area contributed by atoms with Crippen molar-refractivity contribution in [2.24, 2.45) is 0 Å². The van der Waals surface area contributed by atoms with E-state index in [0.29, 0.717) is 5.69 Å². The highest BCUT2D eigenvalue weighted by molar-refractivity contribution is 9.10. The lowest BCUT2D eigenvalue weighted by Gasteiger charge is -2.10. The first-order valence-electron chi connectivity index (χ1n) is 8.98. The Morgan fingerprint density at radius 3 is 2.78 bits per heavy atom. The lowest BCUT2D eigenvalue weighted by molar-refractivity contribution is 0.690. The molecule has 0 amide bonds. The van der Waals surface area contributed by atoms with Gasteiger partial charge in [-0.1, -0.05) is 25.5 Å². The SMILES string of the molecule is CCCCc1nc2cscc2n1Cc1ccc(-n2cc(Br)cc2C#N)cc1. The predicted octanol–water partition coefficient (Wildman–Crippen LogP) is 5.91. The fraction of sp³-hybridized carbons (Fsp3) is 0.238. The molecule has 3 aromatic heterocycles. The van der Waals surface area contributed by atoms with Crippen LogP contribution in [0.15, 0.2) is 51.8 Å². The summed E-state index contributed by atoms with van der Waals surface area (Å²) in [7, 11) is 0. The minimum Gasteiger partial charge on any atom is -0.323 e. The van der Waals surface area contributed by atoms with E-state index in [4.69, 9.17) is 4.98 Å². The maximum absolute atomic E-state index is 9.30. The van der Waals surface area contributed by atoms with Crippen molar-refractivity contribution in [1.29, 1.82) is 5.26 Å². The Morgan fingerprint density at radius 2 is 2.04 bits per heavy atom. The number of fused-ring (bicyclic) bond motifs is 1. The number of halogens is 1. The van der Waals surface area contributed by atoms with Gasteiger partial charge in [0.15, 0.2) is 0 Å². The molecule has 0 unspecified atom stereocenters. The first-order chi connectivity index (χ1) is 13.2. The van der Waals surface area contributed by atoms with Crippen molar-refractivity contribution >= 4 is 38.3 Å². The fourth-order valence-electron chi connectivity index (χ4n) is 3.28. The van der Waals surface area contributed by atoms with Crippen LogP contribution in [0.5, 0.6) is 0 Å². The maximum Gasteiger partial charge on any atom is 0.125 e. The van der Waals surface area contributed by atoms with E-state index in [1.807, 2.05) is 16.8 Å². The molecule has 0 aliphatic carbocycles. The first kappa shape index (κ1) is 18.0. The molecule has 0 spiro atoms. The summed E-state index contributed by atoms with van der Waals surface area (Å²) in [6.07, 6.45) is 5.25. The third-order valence-corrected chi connectivity index (χ3v) is 5.84. The van der Waals surface area contributed by atoms with Gasteiger partial charge in [0.2, 0.25) is 0 Å². The second-order valence-corrected chi connectivity index (χ2v) is 8.21. The third-order valence-electron chi connectivity index (χ3n) is 4.68. The Kier molecular flexibility index (Phi) is 5.15. The Labute approximate surface area is 170 Å². The number of nitriles is 1. The van der Waals surface area contributed by atoms with Crippen LogP contribution in [0, 0.1) is 11.3 Å².